The van der Waals surface area contributed by atoms with Gasteiger partial charge in [0.05, 0.1) is 4.47 Å². The lowest BCUT2D eigenvalue weighted by Crippen LogP contribution is -2.19. The van der Waals surface area contributed by atoms with Crippen LogP contribution in [0.15, 0.2) is 22.7 Å². The number of benzene rings is 1. The molecule has 0 saturated heterocycles. The van der Waals surface area contributed by atoms with Crippen LogP contribution in [0.4, 0.5) is 4.39 Å². The van der Waals surface area contributed by atoms with E-state index in [4.69, 9.17) is 0 Å². The van der Waals surface area contributed by atoms with Crippen molar-refractivity contribution in [2.45, 2.75) is 13.0 Å². The van der Waals surface area contributed by atoms with Gasteiger partial charge < -0.3 is 10.6 Å². The number of halogens is 2. The Morgan fingerprint density at radius 1 is 1.33 bits per heavy atom. The number of nitrogens with one attached hydrogen (secondary N) is 2. The number of hydrogen-bond donors (Lipinski definition) is 2. The Morgan fingerprint density at radius 3 is 2.87 bits per heavy atom. The van der Waals surface area contributed by atoms with Gasteiger partial charge in [-0.2, -0.15) is 0 Å². The predicted molar refractivity (Wildman–Crippen MR) is 64.4 cm³/mol. The third-order valence-corrected chi connectivity index (χ3v) is 2.74. The summed E-state index contributed by atoms with van der Waals surface area (Å²) in [6.45, 7) is 2.45. The Balaban J connectivity index is 2.34. The Kier molecular flexibility index (Phi) is 5.83. The van der Waals surface area contributed by atoms with Crippen molar-refractivity contribution < 1.29 is 4.39 Å². The van der Waals surface area contributed by atoms with Gasteiger partial charge >= 0.3 is 0 Å². The van der Waals surface area contributed by atoms with Gasteiger partial charge in [0.15, 0.2) is 0 Å². The van der Waals surface area contributed by atoms with Gasteiger partial charge in [0.2, 0.25) is 0 Å². The van der Waals surface area contributed by atoms with Crippen LogP contribution in [0.1, 0.15) is 12.0 Å². The zero-order chi connectivity index (χ0) is 11.1. The Bertz CT molecular complexity index is 305. The van der Waals surface area contributed by atoms with E-state index < -0.39 is 0 Å². The van der Waals surface area contributed by atoms with Crippen LogP contribution in [0.3, 0.4) is 0 Å². The van der Waals surface area contributed by atoms with E-state index in [1.165, 1.54) is 0 Å². The summed E-state index contributed by atoms with van der Waals surface area (Å²) in [4.78, 5) is 0. The van der Waals surface area contributed by atoms with Crippen molar-refractivity contribution in [1.29, 1.82) is 0 Å². The summed E-state index contributed by atoms with van der Waals surface area (Å²) in [5, 5.41) is 6.27. The molecular weight excluding hydrogens is 259 g/mol. The minimum atomic E-state index is -0.168. The fraction of sp³-hybridized carbons (Fsp3) is 0.455. The van der Waals surface area contributed by atoms with Gasteiger partial charge in [0.1, 0.15) is 5.82 Å². The van der Waals surface area contributed by atoms with Crippen LogP contribution in [0.25, 0.3) is 0 Å². The standard InChI is InChI=1S/C11H16BrFN2/c1-14-6-3-7-15-8-9-4-2-5-10(12)11(9)13/h2,4-5,14-15H,3,6-8H2,1H3. The summed E-state index contributed by atoms with van der Waals surface area (Å²) in [7, 11) is 1.92. The molecule has 2 nitrogen and oxygen atoms in total. The maximum atomic E-state index is 13.5. The van der Waals surface area contributed by atoms with E-state index in [1.807, 2.05) is 13.1 Å². The molecule has 0 atom stereocenters. The topological polar surface area (TPSA) is 24.1 Å². The highest BCUT2D eigenvalue weighted by atomic mass is 79.9. The molecule has 0 bridgehead atoms. The molecule has 0 unspecified atom stereocenters. The third kappa shape index (κ3) is 4.28. The molecular formula is C11H16BrFN2. The van der Waals surface area contributed by atoms with Crippen molar-refractivity contribution in [2.75, 3.05) is 20.1 Å². The lowest BCUT2D eigenvalue weighted by Gasteiger charge is -2.06. The molecule has 0 heterocycles. The van der Waals surface area contributed by atoms with E-state index in [0.29, 0.717) is 16.6 Å². The van der Waals surface area contributed by atoms with Crippen molar-refractivity contribution in [3.05, 3.63) is 34.1 Å². The second kappa shape index (κ2) is 6.93. The Morgan fingerprint density at radius 2 is 2.13 bits per heavy atom. The summed E-state index contributed by atoms with van der Waals surface area (Å²) in [6, 6.07) is 5.35. The van der Waals surface area contributed by atoms with Gasteiger partial charge in [-0.25, -0.2) is 4.39 Å². The Labute approximate surface area is 98.4 Å². The molecule has 0 radical (unpaired) electrons. The minimum Gasteiger partial charge on any atom is -0.320 e. The quantitative estimate of drug-likeness (QED) is 0.778. The van der Waals surface area contributed by atoms with Crippen LogP contribution in [0.5, 0.6) is 0 Å². The molecule has 0 aromatic heterocycles. The van der Waals surface area contributed by atoms with E-state index in [-0.39, 0.29) is 5.82 Å². The molecule has 0 aliphatic rings. The van der Waals surface area contributed by atoms with Crippen LogP contribution < -0.4 is 10.6 Å². The van der Waals surface area contributed by atoms with Crippen LogP contribution >= 0.6 is 15.9 Å². The third-order valence-electron chi connectivity index (χ3n) is 2.13. The molecule has 2 N–H and O–H groups in total. The molecule has 0 aliphatic heterocycles. The summed E-state index contributed by atoms with van der Waals surface area (Å²) in [5.41, 5.74) is 0.703. The number of rotatable bonds is 6. The molecule has 1 aromatic rings. The van der Waals surface area contributed by atoms with Crippen molar-refractivity contribution >= 4 is 15.9 Å². The molecule has 15 heavy (non-hydrogen) atoms. The second-order valence-corrected chi connectivity index (χ2v) is 4.20. The maximum absolute atomic E-state index is 13.5. The monoisotopic (exact) mass is 274 g/mol. The van der Waals surface area contributed by atoms with E-state index >= 15 is 0 Å². The summed E-state index contributed by atoms with van der Waals surface area (Å²) in [5.74, 6) is -0.168. The SMILES string of the molecule is CNCCCNCc1cccc(Br)c1F. The summed E-state index contributed by atoms with van der Waals surface area (Å²) >= 11 is 3.17. The maximum Gasteiger partial charge on any atom is 0.141 e. The first-order valence-corrected chi connectivity index (χ1v) is 5.83. The molecule has 84 valence electrons. The first kappa shape index (κ1) is 12.6. The van der Waals surface area contributed by atoms with Crippen LogP contribution in [0, 0.1) is 5.82 Å². The fourth-order valence-corrected chi connectivity index (χ4v) is 1.71. The normalized spacial score (nSPS) is 10.6. The first-order valence-electron chi connectivity index (χ1n) is 5.04. The highest BCUT2D eigenvalue weighted by Crippen LogP contribution is 2.18. The summed E-state index contributed by atoms with van der Waals surface area (Å²) < 4.78 is 14.0. The first-order chi connectivity index (χ1) is 7.25. The van der Waals surface area contributed by atoms with Crippen molar-refractivity contribution in [3.8, 4) is 0 Å². The molecule has 4 heteroatoms. The second-order valence-electron chi connectivity index (χ2n) is 3.35. The largest absolute Gasteiger partial charge is 0.320 e. The van der Waals surface area contributed by atoms with E-state index in [1.54, 1.807) is 12.1 Å². The van der Waals surface area contributed by atoms with E-state index in [9.17, 15) is 4.39 Å². The Hall–Kier alpha value is -0.450. The molecule has 0 spiro atoms. The van der Waals surface area contributed by atoms with E-state index in [0.717, 1.165) is 19.5 Å². The lowest BCUT2D eigenvalue weighted by molar-refractivity contribution is 0.572. The van der Waals surface area contributed by atoms with Crippen LogP contribution in [-0.4, -0.2) is 20.1 Å². The molecule has 0 aliphatic carbocycles. The molecule has 0 fully saturated rings. The fourth-order valence-electron chi connectivity index (χ4n) is 1.30. The van der Waals surface area contributed by atoms with Crippen molar-refractivity contribution in [2.24, 2.45) is 0 Å². The van der Waals surface area contributed by atoms with Crippen molar-refractivity contribution in [3.63, 3.8) is 0 Å². The number of hydrogen-bond acceptors (Lipinski definition) is 2. The van der Waals surface area contributed by atoms with Gasteiger partial charge in [-0.3, -0.25) is 0 Å². The van der Waals surface area contributed by atoms with Gasteiger partial charge in [0, 0.05) is 12.1 Å². The van der Waals surface area contributed by atoms with Crippen molar-refractivity contribution in [1.82, 2.24) is 10.6 Å². The average Bonchev–Trinajstić information content (AvgIpc) is 2.24. The van der Waals surface area contributed by atoms with Gasteiger partial charge in [-0.1, -0.05) is 12.1 Å². The smallest absolute Gasteiger partial charge is 0.141 e. The minimum absolute atomic E-state index is 0.168. The van der Waals surface area contributed by atoms with Gasteiger partial charge in [0.25, 0.3) is 0 Å². The lowest BCUT2D eigenvalue weighted by atomic mass is 10.2. The molecule has 1 aromatic carbocycles. The summed E-state index contributed by atoms with van der Waals surface area (Å²) in [6.07, 6.45) is 1.05. The molecule has 1 rings (SSSR count). The average molecular weight is 275 g/mol. The highest BCUT2D eigenvalue weighted by molar-refractivity contribution is 9.10. The molecule has 0 saturated carbocycles. The van der Waals surface area contributed by atoms with E-state index in [2.05, 4.69) is 26.6 Å². The highest BCUT2D eigenvalue weighted by Gasteiger charge is 2.04. The van der Waals surface area contributed by atoms with Gasteiger partial charge in [-0.15, -0.1) is 0 Å². The zero-order valence-electron chi connectivity index (χ0n) is 8.82. The molecule has 0 amide bonds. The van der Waals surface area contributed by atoms with Crippen LogP contribution in [-0.2, 0) is 6.54 Å². The predicted octanol–water partition coefficient (Wildman–Crippen LogP) is 2.29. The van der Waals surface area contributed by atoms with Crippen LogP contribution in [0.2, 0.25) is 0 Å². The zero-order valence-corrected chi connectivity index (χ0v) is 10.4. The van der Waals surface area contributed by atoms with Gasteiger partial charge in [-0.05, 0) is 48.6 Å².